The van der Waals surface area contributed by atoms with Gasteiger partial charge in [-0.3, -0.25) is 0 Å². The molecule has 41 heavy (non-hydrogen) atoms. The molecule has 5 N–H and O–H groups in total. The zero-order valence-electron chi connectivity index (χ0n) is 26.8. The van der Waals surface area contributed by atoms with E-state index in [9.17, 15) is 10.2 Å². The van der Waals surface area contributed by atoms with E-state index in [1.807, 2.05) is 48.5 Å². The van der Waals surface area contributed by atoms with Crippen LogP contribution >= 0.6 is 0 Å². The van der Waals surface area contributed by atoms with Crippen LogP contribution in [0.5, 0.6) is 0 Å². The maximum Gasteiger partial charge on any atom is 0.121 e. The van der Waals surface area contributed by atoms with Gasteiger partial charge in [0.25, 0.3) is 0 Å². The molecule has 0 aliphatic rings. The highest BCUT2D eigenvalue weighted by Crippen LogP contribution is 2.33. The minimum absolute atomic E-state index is 0.0692. The van der Waals surface area contributed by atoms with E-state index in [2.05, 4.69) is 6.58 Å². The van der Waals surface area contributed by atoms with E-state index in [0.717, 1.165) is 0 Å². The third kappa shape index (κ3) is 20.8. The van der Waals surface area contributed by atoms with Crippen LogP contribution in [0, 0.1) is 5.41 Å². The highest BCUT2D eigenvalue weighted by Gasteiger charge is 2.40. The van der Waals surface area contributed by atoms with Crippen molar-refractivity contribution in [2.75, 3.05) is 79.3 Å². The Labute approximate surface area is 248 Å². The molecule has 11 heteroatoms. The van der Waals surface area contributed by atoms with Gasteiger partial charge < -0.3 is 54.2 Å². The number of aliphatic hydroxyl groups is 3. The molecule has 0 saturated heterocycles. The second-order valence-electron chi connectivity index (χ2n) is 12.4. The van der Waals surface area contributed by atoms with Crippen LogP contribution in [0.15, 0.2) is 12.7 Å². The van der Waals surface area contributed by atoms with E-state index in [1.54, 1.807) is 6.08 Å². The Hall–Kier alpha value is -0.700. The average Bonchev–Trinajstić information content (AvgIpc) is 2.87. The summed E-state index contributed by atoms with van der Waals surface area (Å²) in [5.74, 6) is 0. The van der Waals surface area contributed by atoms with E-state index in [0.29, 0.717) is 65.5 Å². The molecule has 0 spiro atoms. The Morgan fingerprint density at radius 3 is 1.78 bits per heavy atom. The van der Waals surface area contributed by atoms with E-state index in [4.69, 9.17) is 44.0 Å². The minimum atomic E-state index is -0.942. The largest absolute Gasteiger partial charge is 0.396 e. The van der Waals surface area contributed by atoms with Crippen molar-refractivity contribution in [3.63, 3.8) is 0 Å². The van der Waals surface area contributed by atoms with Crippen LogP contribution in [0.4, 0.5) is 0 Å². The summed E-state index contributed by atoms with van der Waals surface area (Å²) in [5.41, 5.74) is 4.28. The van der Waals surface area contributed by atoms with Crippen LogP contribution in [-0.2, 0) is 33.2 Å². The molecule has 0 radical (unpaired) electrons. The Kier molecular flexibility index (Phi) is 20.7. The van der Waals surface area contributed by atoms with Crippen molar-refractivity contribution in [3.05, 3.63) is 12.7 Å². The molecule has 0 amide bonds. The first-order valence-corrected chi connectivity index (χ1v) is 14.7. The molecule has 0 saturated carbocycles. The fraction of sp³-hybridized carbons (Fsp3) is 0.933. The lowest BCUT2D eigenvalue weighted by Crippen LogP contribution is -2.55. The topological polar surface area (TPSA) is 151 Å². The number of hydrogen-bond acceptors (Lipinski definition) is 11. The first kappa shape index (κ1) is 40.3. The molecule has 0 fully saturated rings. The number of aliphatic hydroxyl groups excluding tert-OH is 3. The molecule has 11 nitrogen and oxygen atoms in total. The number of ether oxygens (including phenoxy) is 7. The van der Waals surface area contributed by atoms with Gasteiger partial charge in [0.2, 0.25) is 0 Å². The van der Waals surface area contributed by atoms with Crippen LogP contribution in [0.1, 0.15) is 67.7 Å². The molecule has 0 bridgehead atoms. The molecule has 0 aromatic rings. The molecule has 0 aromatic heterocycles. The molecule has 3 unspecified atom stereocenters. The van der Waals surface area contributed by atoms with Crippen molar-refractivity contribution in [2.24, 2.45) is 11.1 Å². The Balaban J connectivity index is 4.30. The molecule has 0 heterocycles. The van der Waals surface area contributed by atoms with Crippen LogP contribution in [0.2, 0.25) is 0 Å². The Morgan fingerprint density at radius 2 is 1.20 bits per heavy atom. The lowest BCUT2D eigenvalue weighted by molar-refractivity contribution is -0.165. The maximum absolute atomic E-state index is 9.91. The first-order valence-electron chi connectivity index (χ1n) is 14.7. The standard InChI is InChI=1S/C30H61NO10/c1-9-14-35-20-25(33)23-38-18-19-39-28(4,5)12-17-40-30(8,31)27(2,3)24-41-29(6,7)11-16-37-22-26(34)21-36-15-10-13-32/h9,25-26,32-34H,1,10-24,31H2,2-8H3. The highest BCUT2D eigenvalue weighted by atomic mass is 16.6. The molecule has 3 atom stereocenters. The molecular formula is C30H61NO10. The van der Waals surface area contributed by atoms with E-state index >= 15 is 0 Å². The Bertz CT molecular complexity index is 657. The summed E-state index contributed by atoms with van der Waals surface area (Å²) in [6.45, 7) is 21.0. The quantitative estimate of drug-likeness (QED) is 0.0600. The van der Waals surface area contributed by atoms with Crippen LogP contribution in [0.3, 0.4) is 0 Å². The third-order valence-corrected chi connectivity index (χ3v) is 6.77. The van der Waals surface area contributed by atoms with Crippen molar-refractivity contribution in [1.29, 1.82) is 0 Å². The predicted octanol–water partition coefficient (Wildman–Crippen LogP) is 2.43. The van der Waals surface area contributed by atoms with Crippen molar-refractivity contribution < 1.29 is 48.5 Å². The number of nitrogens with two attached hydrogens (primary N) is 1. The van der Waals surface area contributed by atoms with Gasteiger partial charge in [-0.25, -0.2) is 0 Å². The summed E-state index contributed by atoms with van der Waals surface area (Å²) < 4.78 is 39.8. The van der Waals surface area contributed by atoms with Crippen LogP contribution < -0.4 is 5.73 Å². The van der Waals surface area contributed by atoms with Gasteiger partial charge in [0.15, 0.2) is 0 Å². The van der Waals surface area contributed by atoms with Crippen molar-refractivity contribution in [2.45, 2.75) is 96.9 Å². The van der Waals surface area contributed by atoms with Crippen LogP contribution in [0.25, 0.3) is 0 Å². The summed E-state index contributed by atoms with van der Waals surface area (Å²) in [4.78, 5) is 0. The summed E-state index contributed by atoms with van der Waals surface area (Å²) in [7, 11) is 0. The number of hydrogen-bond donors (Lipinski definition) is 4. The zero-order valence-corrected chi connectivity index (χ0v) is 26.8. The van der Waals surface area contributed by atoms with Crippen molar-refractivity contribution >= 4 is 0 Å². The van der Waals surface area contributed by atoms with Gasteiger partial charge in [-0.05, 0) is 53.9 Å². The summed E-state index contributed by atoms with van der Waals surface area (Å²) in [5, 5.41) is 28.5. The molecular weight excluding hydrogens is 534 g/mol. The zero-order chi connectivity index (χ0) is 31.4. The van der Waals surface area contributed by atoms with Gasteiger partial charge in [-0.1, -0.05) is 19.9 Å². The molecule has 0 aliphatic carbocycles. The van der Waals surface area contributed by atoms with Gasteiger partial charge in [0.05, 0.1) is 70.7 Å². The van der Waals surface area contributed by atoms with Crippen molar-refractivity contribution in [1.82, 2.24) is 0 Å². The average molecular weight is 596 g/mol. The summed E-state index contributed by atoms with van der Waals surface area (Å²) in [6, 6.07) is 0. The highest BCUT2D eigenvalue weighted by molar-refractivity contribution is 4.88. The van der Waals surface area contributed by atoms with Gasteiger partial charge in [0.1, 0.15) is 17.9 Å². The van der Waals surface area contributed by atoms with E-state index in [1.165, 1.54) is 0 Å². The molecule has 0 aliphatic heterocycles. The lowest BCUT2D eigenvalue weighted by atomic mass is 9.83. The Morgan fingerprint density at radius 1 is 0.683 bits per heavy atom. The SMILES string of the molecule is C=CCOCC(O)COCCOC(C)(C)CCOC(C)(N)C(C)(C)COC(C)(C)CCOCC(O)COCCCO. The van der Waals surface area contributed by atoms with Gasteiger partial charge in [-0.15, -0.1) is 6.58 Å². The van der Waals surface area contributed by atoms with Crippen LogP contribution in [-0.4, -0.2) is 124 Å². The first-order chi connectivity index (χ1) is 19.1. The second kappa shape index (κ2) is 21.1. The molecule has 246 valence electrons. The number of rotatable bonds is 28. The van der Waals surface area contributed by atoms with Gasteiger partial charge in [0, 0.05) is 25.2 Å². The monoisotopic (exact) mass is 595 g/mol. The van der Waals surface area contributed by atoms with E-state index < -0.39 is 34.6 Å². The second-order valence-corrected chi connectivity index (χ2v) is 12.4. The molecule has 0 rings (SSSR count). The van der Waals surface area contributed by atoms with E-state index in [-0.39, 0.29) is 33.0 Å². The van der Waals surface area contributed by atoms with Gasteiger partial charge >= 0.3 is 0 Å². The van der Waals surface area contributed by atoms with Gasteiger partial charge in [-0.2, -0.15) is 0 Å². The lowest BCUT2D eigenvalue weighted by Gasteiger charge is -2.43. The minimum Gasteiger partial charge on any atom is -0.396 e. The summed E-state index contributed by atoms with van der Waals surface area (Å²) in [6.07, 6.45) is 2.06. The maximum atomic E-state index is 9.91. The predicted molar refractivity (Wildman–Crippen MR) is 159 cm³/mol. The normalized spacial score (nSPS) is 16.0. The third-order valence-electron chi connectivity index (χ3n) is 6.77. The van der Waals surface area contributed by atoms with Crippen molar-refractivity contribution in [3.8, 4) is 0 Å². The molecule has 0 aromatic carbocycles. The fourth-order valence-corrected chi connectivity index (χ4v) is 3.27. The fourth-order valence-electron chi connectivity index (χ4n) is 3.27. The summed E-state index contributed by atoms with van der Waals surface area (Å²) >= 11 is 0. The smallest absolute Gasteiger partial charge is 0.121 e.